The number of carboxylic acids is 1. The molecule has 1 heterocycles. The van der Waals surface area contributed by atoms with E-state index in [1.54, 1.807) is 0 Å². The Hall–Kier alpha value is -2.57. The molecule has 0 spiro atoms. The quantitative estimate of drug-likeness (QED) is 0.225. The molecule has 168 valence electrons. The summed E-state index contributed by atoms with van der Waals surface area (Å²) in [5.41, 5.74) is -4.23. The lowest BCUT2D eigenvalue weighted by molar-refractivity contribution is -0.183. The Morgan fingerprint density at radius 1 is 1.23 bits per heavy atom. The summed E-state index contributed by atoms with van der Waals surface area (Å²) in [7, 11) is -4.04. The molecular formula is C18H26N2O9S. The van der Waals surface area contributed by atoms with Gasteiger partial charge in [-0.3, -0.25) is 14.0 Å². The first-order valence-electron chi connectivity index (χ1n) is 8.95. The first-order valence-corrected chi connectivity index (χ1v) is 10.5. The van der Waals surface area contributed by atoms with Crippen molar-refractivity contribution in [2.75, 3.05) is 25.5 Å². The van der Waals surface area contributed by atoms with Crippen LogP contribution in [0.3, 0.4) is 0 Å². The highest BCUT2D eigenvalue weighted by Crippen LogP contribution is 2.33. The van der Waals surface area contributed by atoms with Gasteiger partial charge in [-0.25, -0.2) is 9.59 Å². The Bertz CT molecular complexity index is 856. The van der Waals surface area contributed by atoms with Crippen molar-refractivity contribution in [3.05, 3.63) is 30.1 Å². The van der Waals surface area contributed by atoms with Gasteiger partial charge < -0.3 is 20.3 Å². The predicted molar refractivity (Wildman–Crippen MR) is 104 cm³/mol. The molecule has 0 aromatic carbocycles. The van der Waals surface area contributed by atoms with E-state index in [9.17, 15) is 33.0 Å². The number of pyridine rings is 1. The van der Waals surface area contributed by atoms with Crippen LogP contribution in [0.4, 0.5) is 0 Å². The number of nitrogens with one attached hydrogen (secondary N) is 1. The number of carbonyl (C=O) groups excluding carboxylic acids is 2. The molecule has 0 aliphatic carbocycles. The molecule has 1 aromatic heterocycles. The average molecular weight is 446 g/mol. The molecule has 30 heavy (non-hydrogen) atoms. The number of rotatable bonds is 12. The minimum atomic E-state index is -4.04. The fourth-order valence-corrected chi connectivity index (χ4v) is 3.30. The van der Waals surface area contributed by atoms with Crippen molar-refractivity contribution < 1.29 is 41.9 Å². The number of esters is 1. The van der Waals surface area contributed by atoms with E-state index in [1.165, 1.54) is 45.3 Å². The van der Waals surface area contributed by atoms with Crippen LogP contribution in [0.15, 0.2) is 24.5 Å². The Morgan fingerprint density at radius 3 is 2.43 bits per heavy atom. The summed E-state index contributed by atoms with van der Waals surface area (Å²) in [5, 5.41) is 22.6. The van der Waals surface area contributed by atoms with Crippen LogP contribution in [0.25, 0.3) is 0 Å². The Labute approximate surface area is 174 Å². The van der Waals surface area contributed by atoms with Crippen LogP contribution < -0.4 is 5.32 Å². The lowest BCUT2D eigenvalue weighted by Gasteiger charge is -2.38. The van der Waals surface area contributed by atoms with Gasteiger partial charge in [0.2, 0.25) is 11.5 Å². The zero-order valence-corrected chi connectivity index (χ0v) is 17.8. The van der Waals surface area contributed by atoms with Crippen LogP contribution in [-0.4, -0.2) is 72.6 Å². The van der Waals surface area contributed by atoms with Gasteiger partial charge in [0, 0.05) is 31.3 Å². The standard InChI is InChI=1S/C18H26N2O9S/c1-13(21)20-8-5-9-30(26,27)29-11-17(2,3)18(25,16(23)24)12-28-15(22)14-6-4-7-19-10-14/h4,6-7,10,25H,5,8-9,11-12H2,1-3H3,(H,20,21)(H,23,24)/t18-/m1/s1. The minimum Gasteiger partial charge on any atom is -0.479 e. The predicted octanol–water partition coefficient (Wildman–Crippen LogP) is -0.0471. The van der Waals surface area contributed by atoms with Gasteiger partial charge in [-0.2, -0.15) is 8.42 Å². The van der Waals surface area contributed by atoms with Gasteiger partial charge >= 0.3 is 11.9 Å². The van der Waals surface area contributed by atoms with Crippen LogP contribution >= 0.6 is 0 Å². The summed E-state index contributed by atoms with van der Waals surface area (Å²) in [6.07, 6.45) is 2.74. The molecule has 11 nitrogen and oxygen atoms in total. The largest absolute Gasteiger partial charge is 0.479 e. The van der Waals surface area contributed by atoms with E-state index < -0.39 is 52.0 Å². The SMILES string of the molecule is CC(=O)NCCCS(=O)(=O)OCC(C)(C)[C@@](O)(COC(=O)c1cccnc1)C(=O)O. The normalized spacial score (nSPS) is 13.9. The summed E-state index contributed by atoms with van der Waals surface area (Å²) in [6.45, 7) is 2.35. The van der Waals surface area contributed by atoms with Crippen molar-refractivity contribution >= 4 is 28.0 Å². The Kier molecular flexibility index (Phi) is 8.88. The summed E-state index contributed by atoms with van der Waals surface area (Å²) in [5.74, 6) is -3.32. The van der Waals surface area contributed by atoms with Crippen molar-refractivity contribution in [1.29, 1.82) is 0 Å². The van der Waals surface area contributed by atoms with E-state index in [0.29, 0.717) is 0 Å². The number of aromatic nitrogens is 1. The second-order valence-corrected chi connectivity index (χ2v) is 8.99. The second kappa shape index (κ2) is 10.5. The number of ether oxygens (including phenoxy) is 1. The number of carboxylic acid groups (broad SMARTS) is 1. The number of hydrogen-bond acceptors (Lipinski definition) is 9. The molecule has 0 radical (unpaired) electrons. The molecule has 1 rings (SSSR count). The van der Waals surface area contributed by atoms with Crippen molar-refractivity contribution in [3.8, 4) is 0 Å². The number of nitrogens with zero attached hydrogens (tertiary/aromatic N) is 1. The lowest BCUT2D eigenvalue weighted by Crippen LogP contribution is -2.57. The molecule has 1 amide bonds. The molecule has 12 heteroatoms. The number of amides is 1. The van der Waals surface area contributed by atoms with Crippen molar-refractivity contribution in [2.24, 2.45) is 5.41 Å². The molecule has 0 saturated heterocycles. The highest BCUT2D eigenvalue weighted by atomic mass is 32.2. The zero-order chi connectivity index (χ0) is 23.0. The third-order valence-corrected chi connectivity index (χ3v) is 5.59. The zero-order valence-electron chi connectivity index (χ0n) is 17.0. The third-order valence-electron chi connectivity index (χ3n) is 4.33. The Morgan fingerprint density at radius 2 is 1.90 bits per heavy atom. The highest BCUT2D eigenvalue weighted by molar-refractivity contribution is 7.86. The molecule has 0 saturated carbocycles. The summed E-state index contributed by atoms with van der Waals surface area (Å²) in [6, 6.07) is 2.88. The molecule has 3 N–H and O–H groups in total. The molecule has 0 aliphatic heterocycles. The Balaban J connectivity index is 2.76. The number of aliphatic carboxylic acids is 1. The maximum atomic E-state index is 12.0. The maximum Gasteiger partial charge on any atom is 0.339 e. The van der Waals surface area contributed by atoms with Crippen LogP contribution in [0.1, 0.15) is 37.6 Å². The number of aliphatic hydroxyl groups is 1. The van der Waals surface area contributed by atoms with Crippen LogP contribution in [0, 0.1) is 5.41 Å². The first kappa shape index (κ1) is 25.5. The molecule has 1 aromatic rings. The average Bonchev–Trinajstić information content (AvgIpc) is 2.68. The van der Waals surface area contributed by atoms with E-state index in [2.05, 4.69) is 10.3 Å². The lowest BCUT2D eigenvalue weighted by atomic mass is 9.76. The van der Waals surface area contributed by atoms with Crippen molar-refractivity contribution in [1.82, 2.24) is 10.3 Å². The molecule has 1 atom stereocenters. The van der Waals surface area contributed by atoms with Crippen molar-refractivity contribution in [3.63, 3.8) is 0 Å². The van der Waals surface area contributed by atoms with Gasteiger partial charge in [-0.1, -0.05) is 13.8 Å². The minimum absolute atomic E-state index is 0.0565. The van der Waals surface area contributed by atoms with Gasteiger partial charge in [0.05, 0.1) is 17.9 Å². The van der Waals surface area contributed by atoms with Gasteiger partial charge in [-0.15, -0.1) is 0 Å². The molecular weight excluding hydrogens is 420 g/mol. The van der Waals surface area contributed by atoms with E-state index >= 15 is 0 Å². The summed E-state index contributed by atoms with van der Waals surface area (Å²) >= 11 is 0. The van der Waals surface area contributed by atoms with Gasteiger partial charge in [0.15, 0.2) is 0 Å². The summed E-state index contributed by atoms with van der Waals surface area (Å²) < 4.78 is 33.8. The molecule has 0 unspecified atom stereocenters. The fraction of sp³-hybridized carbons (Fsp3) is 0.556. The van der Waals surface area contributed by atoms with Crippen LogP contribution in [-0.2, 0) is 28.6 Å². The van der Waals surface area contributed by atoms with E-state index in [-0.39, 0.29) is 24.4 Å². The molecule has 0 aliphatic rings. The van der Waals surface area contributed by atoms with Crippen LogP contribution in [0.5, 0.6) is 0 Å². The third kappa shape index (κ3) is 7.35. The van der Waals surface area contributed by atoms with Gasteiger partial charge in [-0.05, 0) is 18.6 Å². The fourth-order valence-electron chi connectivity index (χ4n) is 2.21. The topological polar surface area (TPSA) is 169 Å². The van der Waals surface area contributed by atoms with Gasteiger partial charge in [0.1, 0.15) is 6.61 Å². The number of hydrogen-bond donors (Lipinski definition) is 3. The summed E-state index contributed by atoms with van der Waals surface area (Å²) in [4.78, 5) is 38.3. The van der Waals surface area contributed by atoms with E-state index in [4.69, 9.17) is 8.92 Å². The maximum absolute atomic E-state index is 12.0. The van der Waals surface area contributed by atoms with E-state index in [0.717, 1.165) is 0 Å². The molecule has 0 bridgehead atoms. The molecule has 0 fully saturated rings. The van der Waals surface area contributed by atoms with E-state index in [1.807, 2.05) is 0 Å². The number of carbonyl (C=O) groups is 3. The second-order valence-electron chi connectivity index (χ2n) is 7.23. The monoisotopic (exact) mass is 446 g/mol. The first-order chi connectivity index (χ1) is 13.8. The van der Waals surface area contributed by atoms with Gasteiger partial charge in [0.25, 0.3) is 10.1 Å². The highest BCUT2D eigenvalue weighted by Gasteiger charge is 2.52. The van der Waals surface area contributed by atoms with Crippen LogP contribution in [0.2, 0.25) is 0 Å². The smallest absolute Gasteiger partial charge is 0.339 e. The van der Waals surface area contributed by atoms with Crippen molar-refractivity contribution in [2.45, 2.75) is 32.8 Å².